The number of hydrogen-bond acceptors (Lipinski definition) is 3. The summed E-state index contributed by atoms with van der Waals surface area (Å²) in [7, 11) is 1.48. The molecule has 2 aromatic carbocycles. The van der Waals surface area contributed by atoms with Gasteiger partial charge in [-0.05, 0) is 35.1 Å². The summed E-state index contributed by atoms with van der Waals surface area (Å²) in [6, 6.07) is 15.6. The van der Waals surface area contributed by atoms with E-state index in [1.54, 1.807) is 6.92 Å². The molecule has 0 radical (unpaired) electrons. The van der Waals surface area contributed by atoms with E-state index in [0.717, 1.165) is 22.4 Å². The molecule has 0 bridgehead atoms. The maximum atomic E-state index is 11.9. The van der Waals surface area contributed by atoms with Crippen LogP contribution in [0, 0.1) is 0 Å². The standard InChI is InChI=1S/C21H27NO3/c1-20(2,3)17-12-8-9-13-18(17)25-14-15-10-6-7-11-16(15)21(4,24-5)19(22)23/h6-13H,14H2,1-5H3,(H2,22,23). The van der Waals surface area contributed by atoms with Crippen molar-refractivity contribution in [2.75, 3.05) is 7.11 Å². The molecular weight excluding hydrogens is 314 g/mol. The third-order valence-corrected chi connectivity index (χ3v) is 4.49. The number of nitrogens with two attached hydrogens (primary N) is 1. The van der Waals surface area contributed by atoms with Gasteiger partial charge in [0.25, 0.3) is 5.91 Å². The molecule has 1 amide bonds. The Balaban J connectivity index is 2.34. The number of methoxy groups -OCH3 is 1. The molecule has 0 spiro atoms. The molecule has 4 nitrogen and oxygen atoms in total. The summed E-state index contributed by atoms with van der Waals surface area (Å²) in [4.78, 5) is 11.9. The van der Waals surface area contributed by atoms with E-state index >= 15 is 0 Å². The number of carbonyl (C=O) groups is 1. The van der Waals surface area contributed by atoms with Gasteiger partial charge in [0, 0.05) is 7.11 Å². The van der Waals surface area contributed by atoms with E-state index < -0.39 is 11.5 Å². The van der Waals surface area contributed by atoms with E-state index in [-0.39, 0.29) is 5.41 Å². The summed E-state index contributed by atoms with van der Waals surface area (Å²) >= 11 is 0. The Hall–Kier alpha value is -2.33. The molecule has 0 aliphatic carbocycles. The molecule has 1 unspecified atom stereocenters. The van der Waals surface area contributed by atoms with Crippen molar-refractivity contribution in [1.82, 2.24) is 0 Å². The predicted octanol–water partition coefficient (Wildman–Crippen LogP) is 3.91. The van der Waals surface area contributed by atoms with Crippen LogP contribution >= 0.6 is 0 Å². The first-order chi connectivity index (χ1) is 11.7. The SMILES string of the molecule is COC(C)(C(N)=O)c1ccccc1COc1ccccc1C(C)(C)C. The van der Waals surface area contributed by atoms with Crippen molar-refractivity contribution in [1.29, 1.82) is 0 Å². The lowest BCUT2D eigenvalue weighted by Gasteiger charge is -2.28. The summed E-state index contributed by atoms with van der Waals surface area (Å²) < 4.78 is 11.5. The summed E-state index contributed by atoms with van der Waals surface area (Å²) in [5.41, 5.74) is 7.08. The van der Waals surface area contributed by atoms with E-state index in [1.807, 2.05) is 42.5 Å². The first-order valence-corrected chi connectivity index (χ1v) is 8.36. The second-order valence-electron chi connectivity index (χ2n) is 7.29. The van der Waals surface area contributed by atoms with Gasteiger partial charge in [-0.3, -0.25) is 4.79 Å². The molecule has 0 aromatic heterocycles. The molecule has 0 saturated heterocycles. The van der Waals surface area contributed by atoms with Crippen LogP contribution in [0.5, 0.6) is 5.75 Å². The summed E-state index contributed by atoms with van der Waals surface area (Å²) in [6.07, 6.45) is 0. The zero-order chi connectivity index (χ0) is 18.7. The zero-order valence-electron chi connectivity index (χ0n) is 15.6. The maximum absolute atomic E-state index is 11.9. The molecule has 0 saturated carbocycles. The number of primary amides is 1. The summed E-state index contributed by atoms with van der Waals surface area (Å²) in [5, 5.41) is 0. The van der Waals surface area contributed by atoms with E-state index in [0.29, 0.717) is 6.61 Å². The topological polar surface area (TPSA) is 61.5 Å². The first kappa shape index (κ1) is 19.0. The Bertz CT molecular complexity index is 749. The number of amides is 1. The average Bonchev–Trinajstić information content (AvgIpc) is 2.58. The van der Waals surface area contributed by atoms with Crippen LogP contribution in [0.25, 0.3) is 0 Å². The molecule has 2 N–H and O–H groups in total. The van der Waals surface area contributed by atoms with E-state index in [2.05, 4.69) is 26.8 Å². The molecule has 0 heterocycles. The fourth-order valence-corrected chi connectivity index (χ4v) is 2.82. The third kappa shape index (κ3) is 4.02. The van der Waals surface area contributed by atoms with Crippen molar-refractivity contribution >= 4 is 5.91 Å². The Kier molecular flexibility index (Phi) is 5.53. The van der Waals surface area contributed by atoms with Crippen molar-refractivity contribution in [3.05, 3.63) is 65.2 Å². The van der Waals surface area contributed by atoms with Crippen molar-refractivity contribution in [3.8, 4) is 5.75 Å². The highest BCUT2D eigenvalue weighted by Crippen LogP contribution is 2.33. The molecule has 4 heteroatoms. The van der Waals surface area contributed by atoms with Gasteiger partial charge in [-0.15, -0.1) is 0 Å². The van der Waals surface area contributed by atoms with E-state index in [1.165, 1.54) is 7.11 Å². The van der Waals surface area contributed by atoms with Crippen molar-refractivity contribution in [3.63, 3.8) is 0 Å². The monoisotopic (exact) mass is 341 g/mol. The quantitative estimate of drug-likeness (QED) is 0.866. The van der Waals surface area contributed by atoms with Gasteiger partial charge < -0.3 is 15.2 Å². The second kappa shape index (κ2) is 7.28. The van der Waals surface area contributed by atoms with Crippen LogP contribution in [0.1, 0.15) is 44.4 Å². The Morgan fingerprint density at radius 2 is 1.52 bits per heavy atom. The van der Waals surface area contributed by atoms with Gasteiger partial charge in [0.15, 0.2) is 5.60 Å². The predicted molar refractivity (Wildman–Crippen MR) is 99.5 cm³/mol. The van der Waals surface area contributed by atoms with Gasteiger partial charge in [-0.1, -0.05) is 63.2 Å². The van der Waals surface area contributed by atoms with Crippen molar-refractivity contribution < 1.29 is 14.3 Å². The van der Waals surface area contributed by atoms with Gasteiger partial charge in [0.2, 0.25) is 0 Å². The van der Waals surface area contributed by atoms with Gasteiger partial charge in [0.1, 0.15) is 12.4 Å². The number of hydrogen-bond donors (Lipinski definition) is 1. The van der Waals surface area contributed by atoms with Gasteiger partial charge in [-0.2, -0.15) is 0 Å². The molecular formula is C21H27NO3. The summed E-state index contributed by atoms with van der Waals surface area (Å²) in [6.45, 7) is 8.46. The van der Waals surface area contributed by atoms with Crippen LogP contribution < -0.4 is 10.5 Å². The fraction of sp³-hybridized carbons (Fsp3) is 0.381. The lowest BCUT2D eigenvalue weighted by atomic mass is 9.86. The highest BCUT2D eigenvalue weighted by molar-refractivity contribution is 5.85. The molecule has 0 aliphatic rings. The molecule has 2 aromatic rings. The first-order valence-electron chi connectivity index (χ1n) is 8.36. The largest absolute Gasteiger partial charge is 0.489 e. The van der Waals surface area contributed by atoms with E-state index in [9.17, 15) is 4.79 Å². The Morgan fingerprint density at radius 3 is 2.08 bits per heavy atom. The highest BCUT2D eigenvalue weighted by Gasteiger charge is 2.35. The molecule has 2 rings (SSSR count). The molecule has 0 aliphatic heterocycles. The van der Waals surface area contributed by atoms with Crippen LogP contribution in [0.3, 0.4) is 0 Å². The fourth-order valence-electron chi connectivity index (χ4n) is 2.82. The number of benzene rings is 2. The minimum atomic E-state index is -1.19. The third-order valence-electron chi connectivity index (χ3n) is 4.49. The number of ether oxygens (including phenoxy) is 2. The maximum Gasteiger partial charge on any atom is 0.254 e. The van der Waals surface area contributed by atoms with Crippen molar-refractivity contribution in [2.45, 2.75) is 45.3 Å². The van der Waals surface area contributed by atoms with Crippen LogP contribution in [0.4, 0.5) is 0 Å². The number of rotatable bonds is 6. The van der Waals surface area contributed by atoms with Gasteiger partial charge in [0.05, 0.1) is 0 Å². The molecule has 0 fully saturated rings. The lowest BCUT2D eigenvalue weighted by molar-refractivity contribution is -0.139. The Labute approximate surface area is 150 Å². The smallest absolute Gasteiger partial charge is 0.254 e. The number of carbonyl (C=O) groups excluding carboxylic acids is 1. The Morgan fingerprint density at radius 1 is 0.960 bits per heavy atom. The zero-order valence-corrected chi connectivity index (χ0v) is 15.6. The molecule has 25 heavy (non-hydrogen) atoms. The summed E-state index contributed by atoms with van der Waals surface area (Å²) in [5.74, 6) is 0.306. The molecule has 134 valence electrons. The van der Waals surface area contributed by atoms with Crippen LogP contribution in [-0.4, -0.2) is 13.0 Å². The van der Waals surface area contributed by atoms with E-state index in [4.69, 9.17) is 15.2 Å². The minimum absolute atomic E-state index is 0.0234. The van der Waals surface area contributed by atoms with Crippen LogP contribution in [0.2, 0.25) is 0 Å². The second-order valence-corrected chi connectivity index (χ2v) is 7.29. The van der Waals surface area contributed by atoms with Crippen LogP contribution in [0.15, 0.2) is 48.5 Å². The minimum Gasteiger partial charge on any atom is -0.489 e. The highest BCUT2D eigenvalue weighted by atomic mass is 16.5. The van der Waals surface area contributed by atoms with Crippen molar-refractivity contribution in [2.24, 2.45) is 5.73 Å². The van der Waals surface area contributed by atoms with Crippen LogP contribution in [-0.2, 0) is 27.2 Å². The normalized spacial score (nSPS) is 14.0. The number of para-hydroxylation sites is 1. The average molecular weight is 341 g/mol. The van der Waals surface area contributed by atoms with Gasteiger partial charge in [-0.25, -0.2) is 0 Å². The lowest BCUT2D eigenvalue weighted by Crippen LogP contribution is -2.41. The van der Waals surface area contributed by atoms with Gasteiger partial charge >= 0.3 is 0 Å². The molecule has 1 atom stereocenters.